The number of amides is 1. The molecule has 1 saturated heterocycles. The summed E-state index contributed by atoms with van der Waals surface area (Å²) in [6.45, 7) is 2.39. The number of furan rings is 1. The molecule has 0 spiro atoms. The summed E-state index contributed by atoms with van der Waals surface area (Å²) in [5, 5.41) is 0. The molecule has 3 heterocycles. The predicted molar refractivity (Wildman–Crippen MR) is 88.3 cm³/mol. The largest absolute Gasteiger partial charge is 0.467 e. The maximum Gasteiger partial charge on any atom is 0.228 e. The molecule has 2 aromatic heterocycles. The van der Waals surface area contributed by atoms with E-state index in [1.807, 2.05) is 25.2 Å². The lowest BCUT2D eigenvalue weighted by atomic mass is 9.95. The highest BCUT2D eigenvalue weighted by molar-refractivity contribution is 5.80. The molecule has 0 N–H and O–H groups in total. The molecule has 2 atom stereocenters. The molecule has 24 heavy (non-hydrogen) atoms. The minimum absolute atomic E-state index is 0.102. The summed E-state index contributed by atoms with van der Waals surface area (Å²) in [5.74, 6) is 1.73. The molecule has 0 bridgehead atoms. The van der Waals surface area contributed by atoms with Gasteiger partial charge < -0.3 is 19.0 Å². The highest BCUT2D eigenvalue weighted by atomic mass is 16.5. The molecule has 128 valence electrons. The van der Waals surface area contributed by atoms with Crippen LogP contribution in [0, 0.1) is 11.8 Å². The van der Waals surface area contributed by atoms with Gasteiger partial charge in [0.25, 0.3) is 0 Å². The number of carbonyl (C=O) groups excluding carboxylic acids is 1. The quantitative estimate of drug-likeness (QED) is 0.798. The van der Waals surface area contributed by atoms with Crippen molar-refractivity contribution in [3.63, 3.8) is 0 Å². The van der Waals surface area contributed by atoms with Gasteiger partial charge in [-0.25, -0.2) is 9.97 Å². The third-order valence-corrected chi connectivity index (χ3v) is 4.38. The van der Waals surface area contributed by atoms with Gasteiger partial charge in [-0.1, -0.05) is 0 Å². The zero-order valence-corrected chi connectivity index (χ0v) is 14.0. The predicted octanol–water partition coefficient (Wildman–Crippen LogP) is 1.43. The van der Waals surface area contributed by atoms with Gasteiger partial charge in [-0.2, -0.15) is 0 Å². The number of aromatic nitrogens is 2. The molecule has 1 aliphatic heterocycles. The van der Waals surface area contributed by atoms with E-state index in [4.69, 9.17) is 9.15 Å². The summed E-state index contributed by atoms with van der Waals surface area (Å²) < 4.78 is 10.7. The highest BCUT2D eigenvalue weighted by Gasteiger charge is 2.39. The smallest absolute Gasteiger partial charge is 0.228 e. The standard InChI is InChI=1S/C17H22N4O3/c1-20(9-14-4-3-7-24-14)17(22)15-10-21(8-13(15)11-23-2)16-5-6-18-12-19-16/h3-7,12-13,15H,8-11H2,1-2H3/t13-,15+/m0/s1. The van der Waals surface area contributed by atoms with Gasteiger partial charge in [-0.3, -0.25) is 4.79 Å². The Kier molecular flexibility index (Phi) is 5.10. The first kappa shape index (κ1) is 16.4. The first-order chi connectivity index (χ1) is 11.7. The van der Waals surface area contributed by atoms with Gasteiger partial charge in [-0.05, 0) is 18.2 Å². The first-order valence-corrected chi connectivity index (χ1v) is 7.96. The lowest BCUT2D eigenvalue weighted by Crippen LogP contribution is -2.37. The number of rotatable bonds is 6. The molecule has 0 aromatic carbocycles. The third-order valence-electron chi connectivity index (χ3n) is 4.38. The van der Waals surface area contributed by atoms with E-state index in [0.717, 1.165) is 18.1 Å². The first-order valence-electron chi connectivity index (χ1n) is 7.96. The van der Waals surface area contributed by atoms with Gasteiger partial charge in [0.05, 0.1) is 25.3 Å². The van der Waals surface area contributed by atoms with Crippen LogP contribution >= 0.6 is 0 Å². The normalized spacial score (nSPS) is 20.3. The average Bonchev–Trinajstić information content (AvgIpc) is 3.25. The lowest BCUT2D eigenvalue weighted by molar-refractivity contribution is -0.136. The monoisotopic (exact) mass is 330 g/mol. The van der Waals surface area contributed by atoms with Crippen LogP contribution < -0.4 is 4.90 Å². The topological polar surface area (TPSA) is 71.7 Å². The minimum Gasteiger partial charge on any atom is -0.467 e. The number of carbonyl (C=O) groups is 1. The van der Waals surface area contributed by atoms with Gasteiger partial charge in [0.1, 0.15) is 17.9 Å². The SMILES string of the molecule is COC[C@@H]1CN(c2ccncn2)C[C@H]1C(=O)N(C)Cc1ccco1. The van der Waals surface area contributed by atoms with Crippen LogP contribution in [0.5, 0.6) is 0 Å². The van der Waals surface area contributed by atoms with Crippen molar-refractivity contribution >= 4 is 11.7 Å². The Labute approximate surface area is 141 Å². The highest BCUT2D eigenvalue weighted by Crippen LogP contribution is 2.29. The van der Waals surface area contributed by atoms with Gasteiger partial charge in [0.2, 0.25) is 5.91 Å². The number of methoxy groups -OCH3 is 1. The molecule has 0 saturated carbocycles. The molecule has 1 fully saturated rings. The van der Waals surface area contributed by atoms with E-state index in [0.29, 0.717) is 19.7 Å². The molecular weight excluding hydrogens is 308 g/mol. The molecule has 0 aliphatic carbocycles. The van der Waals surface area contributed by atoms with Crippen molar-refractivity contribution in [2.75, 3.05) is 38.8 Å². The van der Waals surface area contributed by atoms with Crippen LogP contribution in [0.3, 0.4) is 0 Å². The van der Waals surface area contributed by atoms with Crippen molar-refractivity contribution in [3.05, 3.63) is 42.7 Å². The Bertz CT molecular complexity index is 647. The van der Waals surface area contributed by atoms with E-state index < -0.39 is 0 Å². The number of hydrogen-bond acceptors (Lipinski definition) is 6. The van der Waals surface area contributed by atoms with Crippen molar-refractivity contribution in [2.24, 2.45) is 11.8 Å². The molecule has 7 nitrogen and oxygen atoms in total. The Morgan fingerprint density at radius 2 is 2.33 bits per heavy atom. The van der Waals surface area contributed by atoms with Crippen LogP contribution in [-0.2, 0) is 16.1 Å². The lowest BCUT2D eigenvalue weighted by Gasteiger charge is -2.23. The Hall–Kier alpha value is -2.41. The van der Waals surface area contributed by atoms with Crippen LogP contribution in [0.15, 0.2) is 41.4 Å². The summed E-state index contributed by atoms with van der Waals surface area (Å²) in [4.78, 5) is 25.0. The molecule has 2 aromatic rings. The third kappa shape index (κ3) is 3.56. The zero-order chi connectivity index (χ0) is 16.9. The average molecular weight is 330 g/mol. The van der Waals surface area contributed by atoms with E-state index in [-0.39, 0.29) is 17.7 Å². The molecule has 0 unspecified atom stereocenters. The van der Waals surface area contributed by atoms with Crippen LogP contribution in [0.25, 0.3) is 0 Å². The fourth-order valence-corrected chi connectivity index (χ4v) is 3.19. The molecule has 7 heteroatoms. The zero-order valence-electron chi connectivity index (χ0n) is 14.0. The molecule has 0 radical (unpaired) electrons. The maximum atomic E-state index is 12.9. The van der Waals surface area contributed by atoms with Crippen LogP contribution in [0.2, 0.25) is 0 Å². The van der Waals surface area contributed by atoms with Gasteiger partial charge in [0, 0.05) is 39.4 Å². The van der Waals surface area contributed by atoms with Gasteiger partial charge >= 0.3 is 0 Å². The van der Waals surface area contributed by atoms with Crippen molar-refractivity contribution in [2.45, 2.75) is 6.54 Å². The maximum absolute atomic E-state index is 12.9. The van der Waals surface area contributed by atoms with Crippen molar-refractivity contribution in [1.82, 2.24) is 14.9 Å². The molecule has 1 amide bonds. The van der Waals surface area contributed by atoms with Crippen LogP contribution in [0.4, 0.5) is 5.82 Å². The molecule has 3 rings (SSSR count). The number of anilines is 1. The molecule has 1 aliphatic rings. The van der Waals surface area contributed by atoms with Gasteiger partial charge in [-0.15, -0.1) is 0 Å². The van der Waals surface area contributed by atoms with Crippen molar-refractivity contribution in [3.8, 4) is 0 Å². The summed E-state index contributed by atoms with van der Waals surface area (Å²) in [6, 6.07) is 5.56. The van der Waals surface area contributed by atoms with Crippen LogP contribution in [-0.4, -0.2) is 54.6 Å². The fourth-order valence-electron chi connectivity index (χ4n) is 3.19. The Morgan fingerprint density at radius 1 is 1.46 bits per heavy atom. The summed E-state index contributed by atoms with van der Waals surface area (Å²) in [5.41, 5.74) is 0. The summed E-state index contributed by atoms with van der Waals surface area (Å²) in [6.07, 6.45) is 4.86. The number of hydrogen-bond donors (Lipinski definition) is 0. The second-order valence-electron chi connectivity index (χ2n) is 6.07. The van der Waals surface area contributed by atoms with Crippen molar-refractivity contribution < 1.29 is 13.9 Å². The van der Waals surface area contributed by atoms with Crippen molar-refractivity contribution in [1.29, 1.82) is 0 Å². The van der Waals surface area contributed by atoms with E-state index >= 15 is 0 Å². The number of ether oxygens (including phenoxy) is 1. The number of nitrogens with zero attached hydrogens (tertiary/aromatic N) is 4. The second kappa shape index (κ2) is 7.44. The Morgan fingerprint density at radius 3 is 3.00 bits per heavy atom. The summed E-state index contributed by atoms with van der Waals surface area (Å²) >= 11 is 0. The van der Waals surface area contributed by atoms with Crippen LogP contribution in [0.1, 0.15) is 5.76 Å². The van der Waals surface area contributed by atoms with E-state index in [9.17, 15) is 4.79 Å². The van der Waals surface area contributed by atoms with E-state index in [1.165, 1.54) is 6.33 Å². The van der Waals surface area contributed by atoms with Gasteiger partial charge in [0.15, 0.2) is 0 Å². The fraction of sp³-hybridized carbons (Fsp3) is 0.471. The van der Waals surface area contributed by atoms with E-state index in [2.05, 4.69) is 14.9 Å². The Balaban J connectivity index is 1.70. The second-order valence-corrected chi connectivity index (χ2v) is 6.07. The molecular formula is C17H22N4O3. The minimum atomic E-state index is -0.125. The van der Waals surface area contributed by atoms with E-state index in [1.54, 1.807) is 24.5 Å². The summed E-state index contributed by atoms with van der Waals surface area (Å²) in [7, 11) is 3.48.